The van der Waals surface area contributed by atoms with E-state index in [4.69, 9.17) is 4.74 Å². The summed E-state index contributed by atoms with van der Waals surface area (Å²) in [6.45, 7) is 2.12. The van der Waals surface area contributed by atoms with Gasteiger partial charge in [-0.05, 0) is 85.8 Å². The first kappa shape index (κ1) is 25.4. The number of rotatable bonds is 7. The zero-order chi connectivity index (χ0) is 19.3. The number of carbonyl (C=O) groups excluding carboxylic acids is 2. The van der Waals surface area contributed by atoms with Gasteiger partial charge in [0.25, 0.3) is 5.91 Å². The molecule has 2 aromatic rings. The summed E-state index contributed by atoms with van der Waals surface area (Å²) in [5.74, 6) is -1.11. The Bertz CT molecular complexity index is 818. The number of benzene rings is 2. The molecule has 5 nitrogen and oxygen atoms in total. The number of amides is 1. The van der Waals surface area contributed by atoms with Crippen LogP contribution in [0.25, 0.3) is 0 Å². The summed E-state index contributed by atoms with van der Waals surface area (Å²) in [5, 5.41) is 14.1. The normalized spacial score (nSPS) is 11.3. The second kappa shape index (κ2) is 12.2. The maximum Gasteiger partial charge on any atom is 1.00 e. The fourth-order valence-corrected chi connectivity index (χ4v) is 6.31. The van der Waals surface area contributed by atoms with Crippen LogP contribution in [0.2, 0.25) is 0 Å². The molecule has 1 atom stereocenters. The van der Waals surface area contributed by atoms with Crippen LogP contribution in [0.5, 0.6) is 5.75 Å². The Hall–Kier alpha value is 0.370. The largest absolute Gasteiger partial charge is 1.00 e. The third-order valence-electron chi connectivity index (χ3n) is 3.54. The summed E-state index contributed by atoms with van der Waals surface area (Å²) in [6, 6.07) is 11.4. The fourth-order valence-electron chi connectivity index (χ4n) is 2.20. The van der Waals surface area contributed by atoms with Crippen molar-refractivity contribution in [2.45, 2.75) is 26.0 Å². The topological polar surface area (TPSA) is 78.5 Å². The van der Waals surface area contributed by atoms with Crippen molar-refractivity contribution >= 4 is 79.6 Å². The molecular formula is C18H15I3NNaO4. The molecule has 1 unspecified atom stereocenters. The molecule has 0 spiro atoms. The van der Waals surface area contributed by atoms with Crippen LogP contribution in [0.3, 0.4) is 0 Å². The number of hydrogen-bond donors (Lipinski definition) is 1. The number of halogens is 3. The minimum Gasteiger partial charge on any atom is -0.546 e. The number of carboxylic acids is 1. The van der Waals surface area contributed by atoms with Gasteiger partial charge in [-0.3, -0.25) is 4.79 Å². The molecule has 27 heavy (non-hydrogen) atoms. The van der Waals surface area contributed by atoms with Crippen molar-refractivity contribution in [1.82, 2.24) is 5.32 Å². The van der Waals surface area contributed by atoms with E-state index >= 15 is 0 Å². The third kappa shape index (κ3) is 6.98. The van der Waals surface area contributed by atoms with Crippen LogP contribution in [-0.2, 0) is 11.3 Å². The molecule has 138 valence electrons. The number of aliphatic carboxylic acids is 1. The zero-order valence-electron chi connectivity index (χ0n) is 14.7. The third-order valence-corrected chi connectivity index (χ3v) is 6.23. The molecule has 1 amide bonds. The van der Waals surface area contributed by atoms with E-state index in [0.717, 1.165) is 12.7 Å². The van der Waals surface area contributed by atoms with E-state index in [1.165, 1.54) is 0 Å². The molecule has 0 radical (unpaired) electrons. The molecule has 0 aliphatic heterocycles. The van der Waals surface area contributed by atoms with E-state index < -0.39 is 12.1 Å². The molecule has 0 saturated carbocycles. The molecule has 2 aromatic carbocycles. The van der Waals surface area contributed by atoms with Gasteiger partial charge in [-0.15, -0.1) is 0 Å². The number of carboxylic acid groups (broad SMARTS) is 1. The van der Waals surface area contributed by atoms with Crippen LogP contribution in [-0.4, -0.2) is 18.0 Å². The van der Waals surface area contributed by atoms with Gasteiger partial charge in [-0.1, -0.05) is 37.3 Å². The minimum absolute atomic E-state index is 0. The van der Waals surface area contributed by atoms with E-state index in [2.05, 4.69) is 50.5 Å². The van der Waals surface area contributed by atoms with Crippen LogP contribution in [0.4, 0.5) is 0 Å². The predicted molar refractivity (Wildman–Crippen MR) is 122 cm³/mol. The van der Waals surface area contributed by atoms with Crippen LogP contribution in [0.1, 0.15) is 29.3 Å². The van der Waals surface area contributed by atoms with Crippen molar-refractivity contribution in [2.24, 2.45) is 0 Å². The van der Waals surface area contributed by atoms with Crippen LogP contribution >= 0.6 is 67.8 Å². The van der Waals surface area contributed by atoms with Gasteiger partial charge in [0, 0.05) is 10.1 Å². The van der Waals surface area contributed by atoms with E-state index in [-0.39, 0.29) is 41.9 Å². The van der Waals surface area contributed by atoms with Crippen LogP contribution in [0, 0.1) is 10.7 Å². The van der Waals surface area contributed by atoms with Gasteiger partial charge in [0.2, 0.25) is 0 Å². The average Bonchev–Trinajstić information content (AvgIpc) is 2.60. The van der Waals surface area contributed by atoms with Crippen LogP contribution < -0.4 is 44.7 Å². The minimum atomic E-state index is -1.27. The first-order valence-electron chi connectivity index (χ1n) is 7.72. The van der Waals surface area contributed by atoms with Crippen molar-refractivity contribution in [2.75, 3.05) is 0 Å². The van der Waals surface area contributed by atoms with Crippen molar-refractivity contribution < 1.29 is 49.0 Å². The second-order valence-corrected chi connectivity index (χ2v) is 8.76. The maximum atomic E-state index is 12.7. The molecule has 0 fully saturated rings. The molecule has 2 rings (SSSR count). The summed E-state index contributed by atoms with van der Waals surface area (Å²) in [5.41, 5.74) is 1.47. The summed E-state index contributed by atoms with van der Waals surface area (Å²) in [7, 11) is 0. The van der Waals surface area contributed by atoms with Gasteiger partial charge in [0.05, 0.1) is 18.7 Å². The van der Waals surface area contributed by atoms with Gasteiger partial charge in [-0.25, -0.2) is 0 Å². The Kier molecular flexibility index (Phi) is 11.4. The first-order valence-corrected chi connectivity index (χ1v) is 11.0. The summed E-state index contributed by atoms with van der Waals surface area (Å²) in [6.07, 6.45) is -0.784. The Morgan fingerprint density at radius 1 is 1.15 bits per heavy atom. The van der Waals surface area contributed by atoms with E-state index in [1.807, 2.05) is 52.9 Å². The molecule has 1 N–H and O–H groups in total. The van der Waals surface area contributed by atoms with Crippen molar-refractivity contribution in [1.29, 1.82) is 0 Å². The van der Waals surface area contributed by atoms with Gasteiger partial charge in [0.1, 0.15) is 11.9 Å². The maximum absolute atomic E-state index is 12.7. The number of ether oxygens (including phenoxy) is 1. The molecule has 9 heteroatoms. The number of carbonyl (C=O) groups is 2. The van der Waals surface area contributed by atoms with Crippen molar-refractivity contribution in [3.63, 3.8) is 0 Å². The molecule has 0 heterocycles. The molecule has 0 aliphatic rings. The van der Waals surface area contributed by atoms with E-state index in [9.17, 15) is 14.7 Å². The predicted octanol–water partition coefficient (Wildman–Crippen LogP) is 0.342. The van der Waals surface area contributed by atoms with Crippen LogP contribution in [0.15, 0.2) is 36.4 Å². The Morgan fingerprint density at radius 3 is 2.33 bits per heavy atom. The van der Waals surface area contributed by atoms with Crippen molar-refractivity contribution in [3.8, 4) is 5.75 Å². The summed E-state index contributed by atoms with van der Waals surface area (Å²) in [4.78, 5) is 23.9. The van der Waals surface area contributed by atoms with E-state index in [1.54, 1.807) is 13.0 Å². The SMILES string of the molecule is CCC(Oc1c(I)cc(I)c(C(=O)NCc2ccccc2)c1I)C(=O)[O-].[Na+]. The Balaban J connectivity index is 0.00000364. The Labute approximate surface area is 221 Å². The monoisotopic (exact) mass is 713 g/mol. The van der Waals surface area contributed by atoms with Gasteiger partial charge in [-0.2, -0.15) is 0 Å². The molecule has 0 saturated heterocycles. The number of hydrogen-bond acceptors (Lipinski definition) is 4. The quantitative estimate of drug-likeness (QED) is 0.332. The van der Waals surface area contributed by atoms with Gasteiger partial charge >= 0.3 is 29.6 Å². The molecule has 0 bridgehead atoms. The standard InChI is InChI=1S/C18H16I3NO4.Na/c1-2-13(18(24)25)26-16-12(20)8-11(19)14(15(16)21)17(23)22-9-10-6-4-3-5-7-10;/h3-8,13H,2,9H2,1H3,(H,22,23)(H,24,25);/q;+1/p-1. The average molecular weight is 713 g/mol. The smallest absolute Gasteiger partial charge is 0.546 e. The summed E-state index contributed by atoms with van der Waals surface area (Å²) < 4.78 is 7.74. The van der Waals surface area contributed by atoms with Gasteiger partial charge in [0.15, 0.2) is 0 Å². The van der Waals surface area contributed by atoms with Crippen molar-refractivity contribution in [3.05, 3.63) is 58.2 Å². The molecular weight excluding hydrogens is 698 g/mol. The Morgan fingerprint density at radius 2 is 1.78 bits per heavy atom. The van der Waals surface area contributed by atoms with E-state index in [0.29, 0.717) is 21.4 Å². The molecule has 0 aliphatic carbocycles. The number of nitrogens with one attached hydrogen (secondary N) is 1. The summed E-state index contributed by atoms with van der Waals surface area (Å²) >= 11 is 6.20. The first-order chi connectivity index (χ1) is 12.3. The fraction of sp³-hybridized carbons (Fsp3) is 0.222. The van der Waals surface area contributed by atoms with Gasteiger partial charge < -0.3 is 20.0 Å². The second-order valence-electron chi connectivity index (χ2n) is 5.36. The zero-order valence-corrected chi connectivity index (χ0v) is 23.2. The molecule has 0 aromatic heterocycles.